The molecule has 2 fully saturated rings. The van der Waals surface area contributed by atoms with Crippen molar-refractivity contribution in [3.8, 4) is 0 Å². The maximum atomic E-state index is 13.1. The number of hydrogen-bond acceptors (Lipinski definition) is 2. The predicted molar refractivity (Wildman–Crippen MR) is 70.9 cm³/mol. The number of hydrogen-bond donors (Lipinski definition) is 1. The van der Waals surface area contributed by atoms with Crippen LogP contribution in [0.25, 0.3) is 0 Å². The summed E-state index contributed by atoms with van der Waals surface area (Å²) in [7, 11) is 0. The fourth-order valence-electron chi connectivity index (χ4n) is 3.39. The van der Waals surface area contributed by atoms with Crippen LogP contribution in [0.5, 0.6) is 0 Å². The van der Waals surface area contributed by atoms with Gasteiger partial charge in [-0.05, 0) is 42.4 Å². The Balaban J connectivity index is 1.68. The van der Waals surface area contributed by atoms with Crippen LogP contribution in [-0.4, -0.2) is 24.0 Å². The van der Waals surface area contributed by atoms with Gasteiger partial charge >= 0.3 is 0 Å². The molecule has 2 bridgehead atoms. The van der Waals surface area contributed by atoms with Gasteiger partial charge in [0.2, 0.25) is 0 Å². The number of rotatable bonds is 2. The highest BCUT2D eigenvalue weighted by molar-refractivity contribution is 6.30. The van der Waals surface area contributed by atoms with Gasteiger partial charge in [-0.3, -0.25) is 4.90 Å². The molecule has 0 radical (unpaired) electrons. The summed E-state index contributed by atoms with van der Waals surface area (Å²) >= 11 is 5.81. The summed E-state index contributed by atoms with van der Waals surface area (Å²) in [5.41, 5.74) is 7.27. The Morgan fingerprint density at radius 3 is 2.56 bits per heavy atom. The monoisotopic (exact) mass is 268 g/mol. The normalized spacial score (nSPS) is 31.8. The van der Waals surface area contributed by atoms with E-state index in [1.165, 1.54) is 18.9 Å². The highest BCUT2D eigenvalue weighted by Crippen LogP contribution is 2.36. The van der Waals surface area contributed by atoms with Crippen molar-refractivity contribution >= 4 is 11.6 Å². The molecule has 1 heterocycles. The molecule has 0 aromatic heterocycles. The average molecular weight is 269 g/mol. The van der Waals surface area contributed by atoms with E-state index >= 15 is 0 Å². The third-order valence-electron chi connectivity index (χ3n) is 4.37. The fourth-order valence-corrected chi connectivity index (χ4v) is 3.59. The number of nitrogens with two attached hydrogens (primary N) is 1. The number of nitrogens with zero attached hydrogens (tertiary/aromatic N) is 1. The third-order valence-corrected chi connectivity index (χ3v) is 4.66. The lowest BCUT2D eigenvalue weighted by atomic mass is 9.93. The fraction of sp³-hybridized carbons (Fsp3) is 0.571. The van der Waals surface area contributed by atoms with Gasteiger partial charge in [0.05, 0.1) is 5.02 Å². The molecule has 0 spiro atoms. The molecule has 3 rings (SSSR count). The maximum Gasteiger partial charge on any atom is 0.141 e. The number of piperidine rings is 1. The summed E-state index contributed by atoms with van der Waals surface area (Å²) < 4.78 is 13.1. The second-order valence-corrected chi connectivity index (χ2v) is 6.02. The molecule has 98 valence electrons. The Morgan fingerprint density at radius 2 is 1.94 bits per heavy atom. The van der Waals surface area contributed by atoms with Crippen molar-refractivity contribution in [3.63, 3.8) is 0 Å². The van der Waals surface area contributed by atoms with E-state index in [4.69, 9.17) is 17.3 Å². The van der Waals surface area contributed by atoms with Crippen molar-refractivity contribution < 1.29 is 4.39 Å². The van der Waals surface area contributed by atoms with E-state index in [9.17, 15) is 4.39 Å². The Morgan fingerprint density at radius 1 is 1.28 bits per heavy atom. The molecule has 2 aliphatic rings. The number of benzene rings is 1. The van der Waals surface area contributed by atoms with Crippen molar-refractivity contribution in [2.45, 2.75) is 25.4 Å². The molecule has 3 atom stereocenters. The minimum Gasteiger partial charge on any atom is -0.327 e. The SMILES string of the molecule is NC1[C@@H]2CC[C@H]1CN(Cc1ccc(F)c(Cl)c1)C2. The quantitative estimate of drug-likeness (QED) is 0.894. The van der Waals surface area contributed by atoms with Gasteiger partial charge in [0.15, 0.2) is 0 Å². The van der Waals surface area contributed by atoms with E-state index in [0.29, 0.717) is 17.9 Å². The minimum atomic E-state index is -0.346. The summed E-state index contributed by atoms with van der Waals surface area (Å²) in [6.07, 6.45) is 2.51. The summed E-state index contributed by atoms with van der Waals surface area (Å²) in [6.45, 7) is 2.97. The van der Waals surface area contributed by atoms with Crippen molar-refractivity contribution in [2.75, 3.05) is 13.1 Å². The molecule has 1 aromatic carbocycles. The van der Waals surface area contributed by atoms with Gasteiger partial charge in [0, 0.05) is 25.7 Å². The minimum absolute atomic E-state index is 0.212. The lowest BCUT2D eigenvalue weighted by Gasteiger charge is -2.36. The van der Waals surface area contributed by atoms with Gasteiger partial charge in [-0.25, -0.2) is 4.39 Å². The molecular formula is C14H18ClFN2. The Labute approximate surface area is 112 Å². The first-order chi connectivity index (χ1) is 8.63. The lowest BCUT2D eigenvalue weighted by Crippen LogP contribution is -2.48. The zero-order valence-electron chi connectivity index (χ0n) is 10.3. The average Bonchev–Trinajstić information content (AvgIpc) is 2.58. The molecule has 2 nitrogen and oxygen atoms in total. The molecule has 1 aliphatic carbocycles. The van der Waals surface area contributed by atoms with Gasteiger partial charge < -0.3 is 5.73 Å². The van der Waals surface area contributed by atoms with Crippen LogP contribution in [-0.2, 0) is 6.54 Å². The van der Waals surface area contributed by atoms with E-state index in [1.807, 2.05) is 6.07 Å². The first kappa shape index (κ1) is 12.4. The van der Waals surface area contributed by atoms with Gasteiger partial charge in [-0.15, -0.1) is 0 Å². The topological polar surface area (TPSA) is 29.3 Å². The van der Waals surface area contributed by atoms with Crippen LogP contribution >= 0.6 is 11.6 Å². The first-order valence-electron chi connectivity index (χ1n) is 6.55. The summed E-state index contributed by atoms with van der Waals surface area (Å²) in [6, 6.07) is 5.38. The molecule has 1 saturated heterocycles. The third kappa shape index (κ3) is 2.27. The van der Waals surface area contributed by atoms with E-state index in [2.05, 4.69) is 4.90 Å². The van der Waals surface area contributed by atoms with Gasteiger partial charge in [-0.1, -0.05) is 17.7 Å². The molecule has 18 heavy (non-hydrogen) atoms. The zero-order valence-corrected chi connectivity index (χ0v) is 11.0. The van der Waals surface area contributed by atoms with Crippen LogP contribution in [0, 0.1) is 17.7 Å². The van der Waals surface area contributed by atoms with Crippen LogP contribution in [0.15, 0.2) is 18.2 Å². The van der Waals surface area contributed by atoms with Crippen LogP contribution in [0.3, 0.4) is 0 Å². The second kappa shape index (κ2) is 4.80. The van der Waals surface area contributed by atoms with Crippen LogP contribution in [0.1, 0.15) is 18.4 Å². The largest absolute Gasteiger partial charge is 0.327 e. The summed E-state index contributed by atoms with van der Waals surface area (Å²) in [4.78, 5) is 2.43. The first-order valence-corrected chi connectivity index (χ1v) is 6.93. The highest BCUT2D eigenvalue weighted by atomic mass is 35.5. The molecule has 4 heteroatoms. The van der Waals surface area contributed by atoms with Crippen molar-refractivity contribution in [3.05, 3.63) is 34.6 Å². The van der Waals surface area contributed by atoms with Crippen molar-refractivity contribution in [2.24, 2.45) is 17.6 Å². The molecule has 0 amide bonds. The van der Waals surface area contributed by atoms with Gasteiger partial charge in [-0.2, -0.15) is 0 Å². The molecular weight excluding hydrogens is 251 g/mol. The van der Waals surface area contributed by atoms with Crippen molar-refractivity contribution in [1.29, 1.82) is 0 Å². The van der Waals surface area contributed by atoms with Crippen LogP contribution in [0.4, 0.5) is 4.39 Å². The smallest absolute Gasteiger partial charge is 0.141 e. The lowest BCUT2D eigenvalue weighted by molar-refractivity contribution is 0.140. The molecule has 1 aliphatic heterocycles. The molecule has 1 aromatic rings. The summed E-state index contributed by atoms with van der Waals surface area (Å²) in [5, 5.41) is 0.212. The van der Waals surface area contributed by atoms with Crippen LogP contribution < -0.4 is 5.73 Å². The number of halogens is 2. The van der Waals surface area contributed by atoms with E-state index in [0.717, 1.165) is 25.2 Å². The number of fused-ring (bicyclic) bond motifs is 2. The molecule has 1 unspecified atom stereocenters. The predicted octanol–water partition coefficient (Wildman–Crippen LogP) is 2.65. The second-order valence-electron chi connectivity index (χ2n) is 5.62. The maximum absolute atomic E-state index is 13.1. The van der Waals surface area contributed by atoms with E-state index in [1.54, 1.807) is 6.07 Å². The van der Waals surface area contributed by atoms with Gasteiger partial charge in [0.1, 0.15) is 5.82 Å². The highest BCUT2D eigenvalue weighted by Gasteiger charge is 2.39. The Bertz CT molecular complexity index is 437. The Kier molecular flexibility index (Phi) is 3.31. The standard InChI is InChI=1S/C14H18ClFN2/c15-12-5-9(1-4-13(12)16)6-18-7-10-2-3-11(8-18)14(10)17/h1,4-5,10-11,14H,2-3,6-8,17H2/t10-,11+,14?. The Hall–Kier alpha value is -0.640. The van der Waals surface area contributed by atoms with Gasteiger partial charge in [0.25, 0.3) is 0 Å². The van der Waals surface area contributed by atoms with Crippen molar-refractivity contribution in [1.82, 2.24) is 4.90 Å². The zero-order chi connectivity index (χ0) is 12.7. The number of likely N-dealkylation sites (tertiary alicyclic amines) is 1. The summed E-state index contributed by atoms with van der Waals surface area (Å²) in [5.74, 6) is 0.931. The van der Waals surface area contributed by atoms with Crippen LogP contribution in [0.2, 0.25) is 5.02 Å². The van der Waals surface area contributed by atoms with E-state index in [-0.39, 0.29) is 10.8 Å². The molecule has 1 saturated carbocycles. The molecule has 2 N–H and O–H groups in total. The van der Waals surface area contributed by atoms with E-state index < -0.39 is 0 Å².